The number of benzene rings is 1. The zero-order chi connectivity index (χ0) is 21.8. The van der Waals surface area contributed by atoms with Gasteiger partial charge in [-0.1, -0.05) is 0 Å². The second-order valence-electron chi connectivity index (χ2n) is 9.37. The Labute approximate surface area is 183 Å². The average Bonchev–Trinajstić information content (AvgIpc) is 3.24. The first-order chi connectivity index (χ1) is 14.9. The van der Waals surface area contributed by atoms with Crippen molar-refractivity contribution >= 4 is 6.09 Å². The van der Waals surface area contributed by atoms with Crippen molar-refractivity contribution in [3.63, 3.8) is 0 Å². The van der Waals surface area contributed by atoms with Gasteiger partial charge in [0.05, 0.1) is 24.7 Å². The van der Waals surface area contributed by atoms with E-state index >= 15 is 0 Å². The summed E-state index contributed by atoms with van der Waals surface area (Å²) in [5.41, 5.74) is 0.540. The summed E-state index contributed by atoms with van der Waals surface area (Å²) in [6, 6.07) is 8.70. The number of nitriles is 1. The van der Waals surface area contributed by atoms with Crippen molar-refractivity contribution in [3.05, 3.63) is 35.0 Å². The second-order valence-corrected chi connectivity index (χ2v) is 9.37. The van der Waals surface area contributed by atoms with E-state index in [4.69, 9.17) is 14.7 Å². The van der Waals surface area contributed by atoms with Gasteiger partial charge in [-0.25, -0.2) is 4.79 Å². The number of piperidine rings is 2. The molecular weight excluding hydrogens is 398 g/mol. The van der Waals surface area contributed by atoms with Crippen LogP contribution < -0.4 is 4.74 Å². The number of fused-ring (bicyclic) bond motifs is 2. The lowest BCUT2D eigenvalue weighted by atomic mass is 9.84. The third-order valence-electron chi connectivity index (χ3n) is 6.60. The normalized spacial score (nSPS) is 29.3. The lowest BCUT2D eigenvalue weighted by Crippen LogP contribution is -2.62. The summed E-state index contributed by atoms with van der Waals surface area (Å²) < 4.78 is 10.8. The van der Waals surface area contributed by atoms with Gasteiger partial charge in [0.2, 0.25) is 0 Å². The predicted molar refractivity (Wildman–Crippen MR) is 113 cm³/mol. The molecular formula is C23H31N3O5. The van der Waals surface area contributed by atoms with E-state index < -0.39 is 10.8 Å². The summed E-state index contributed by atoms with van der Waals surface area (Å²) in [6.07, 6.45) is 4.04. The zero-order valence-corrected chi connectivity index (χ0v) is 17.8. The number of aliphatic hydroxyl groups is 1. The molecule has 1 aliphatic carbocycles. The fourth-order valence-electron chi connectivity index (χ4n) is 5.37. The molecule has 31 heavy (non-hydrogen) atoms. The van der Waals surface area contributed by atoms with Crippen molar-refractivity contribution in [1.82, 2.24) is 4.90 Å². The van der Waals surface area contributed by atoms with Gasteiger partial charge in [0.15, 0.2) is 0 Å². The topological polar surface area (TPSA) is 106 Å². The maximum atomic E-state index is 13.3. The molecule has 3 fully saturated rings. The van der Waals surface area contributed by atoms with Crippen LogP contribution in [0.5, 0.6) is 5.75 Å². The van der Waals surface area contributed by atoms with Crippen LogP contribution in [0.1, 0.15) is 37.7 Å². The van der Waals surface area contributed by atoms with Crippen molar-refractivity contribution in [2.75, 3.05) is 39.3 Å². The Bertz CT molecular complexity index is 788. The molecule has 0 radical (unpaired) electrons. The van der Waals surface area contributed by atoms with Gasteiger partial charge in [0.1, 0.15) is 31.1 Å². The third-order valence-corrected chi connectivity index (χ3v) is 6.60. The fraction of sp³-hybridized carbons (Fsp3) is 0.652. The Kier molecular flexibility index (Phi) is 6.65. The number of rotatable bonds is 6. The number of carbonyl (C=O) groups is 1. The van der Waals surface area contributed by atoms with Crippen molar-refractivity contribution in [2.24, 2.45) is 11.8 Å². The van der Waals surface area contributed by atoms with Crippen LogP contribution in [-0.4, -0.2) is 72.3 Å². The van der Waals surface area contributed by atoms with Gasteiger partial charge in [-0.3, -0.25) is 0 Å². The van der Waals surface area contributed by atoms with E-state index in [1.165, 1.54) is 0 Å². The van der Waals surface area contributed by atoms with Crippen molar-refractivity contribution in [3.8, 4) is 11.8 Å². The lowest BCUT2D eigenvalue weighted by Gasteiger charge is -2.54. The molecule has 2 heterocycles. The van der Waals surface area contributed by atoms with E-state index in [9.17, 15) is 15.1 Å². The summed E-state index contributed by atoms with van der Waals surface area (Å²) in [4.78, 5) is 14.3. The maximum Gasteiger partial charge on any atom is 0.410 e. The molecule has 3 aliphatic rings. The minimum absolute atomic E-state index is 0.0311. The van der Waals surface area contributed by atoms with Crippen LogP contribution in [0.25, 0.3) is 0 Å². The molecule has 8 nitrogen and oxygen atoms in total. The van der Waals surface area contributed by atoms with E-state index in [-0.39, 0.29) is 37.2 Å². The molecule has 1 aromatic carbocycles. The van der Waals surface area contributed by atoms with Gasteiger partial charge < -0.3 is 29.3 Å². The van der Waals surface area contributed by atoms with Crippen LogP contribution in [0.4, 0.5) is 4.79 Å². The number of hydrogen-bond donors (Lipinski definition) is 1. The molecule has 2 bridgehead atoms. The molecule has 168 valence electrons. The highest BCUT2D eigenvalue weighted by Crippen LogP contribution is 2.33. The molecule has 3 unspecified atom stereocenters. The molecule has 1 aromatic rings. The Morgan fingerprint density at radius 3 is 2.48 bits per heavy atom. The average molecular weight is 430 g/mol. The van der Waals surface area contributed by atoms with Crippen molar-refractivity contribution in [1.29, 1.82) is 5.26 Å². The largest absolute Gasteiger partial charge is 0.633 e. The molecule has 8 heteroatoms. The highest BCUT2D eigenvalue weighted by atomic mass is 16.6. The summed E-state index contributed by atoms with van der Waals surface area (Å²) in [6.45, 7) is 2.03. The van der Waals surface area contributed by atoms with Gasteiger partial charge in [-0.05, 0) is 56.4 Å². The maximum absolute atomic E-state index is 13.3. The summed E-state index contributed by atoms with van der Waals surface area (Å²) in [5.74, 6) is 0.822. The SMILES string of the molecule is N#Cc1ccc(OCC(O)C[N+]2([O-])CC3CC(CN(C(=O)OC4CCCC4)C3)C2)cc1. The summed E-state index contributed by atoms with van der Waals surface area (Å²) >= 11 is 0. The molecule has 2 aliphatic heterocycles. The highest BCUT2D eigenvalue weighted by molar-refractivity contribution is 5.68. The second kappa shape index (κ2) is 9.43. The van der Waals surface area contributed by atoms with Crippen molar-refractivity contribution in [2.45, 2.75) is 44.3 Å². The van der Waals surface area contributed by atoms with Gasteiger partial charge in [0, 0.05) is 24.9 Å². The van der Waals surface area contributed by atoms with E-state index in [1.807, 2.05) is 6.07 Å². The first-order valence-electron chi connectivity index (χ1n) is 11.3. The van der Waals surface area contributed by atoms with E-state index in [1.54, 1.807) is 29.2 Å². The molecule has 0 spiro atoms. The Morgan fingerprint density at radius 1 is 1.23 bits per heavy atom. The molecule has 1 N–H and O–H groups in total. The van der Waals surface area contributed by atoms with Gasteiger partial charge in [-0.2, -0.15) is 5.26 Å². The number of nitrogens with zero attached hydrogens (tertiary/aromatic N) is 3. The number of aliphatic hydroxyl groups excluding tert-OH is 1. The number of ether oxygens (including phenoxy) is 2. The molecule has 1 amide bonds. The minimum atomic E-state index is -0.879. The number of likely N-dealkylation sites (tertiary alicyclic amines) is 2. The number of carbonyl (C=O) groups excluding carboxylic acids is 1. The fourth-order valence-corrected chi connectivity index (χ4v) is 5.37. The van der Waals surface area contributed by atoms with E-state index in [0.717, 1.165) is 32.1 Å². The molecule has 0 aromatic heterocycles. The van der Waals surface area contributed by atoms with Crippen molar-refractivity contribution < 1.29 is 24.0 Å². The standard InChI is InChI=1S/C23H31N3O5/c24-10-17-5-7-21(8-6-17)30-16-20(27)15-26(29)13-18-9-19(14-26)12-25(11-18)23(28)31-22-3-1-2-4-22/h5-8,18-20,22,27H,1-4,9,11-16H2. The predicted octanol–water partition coefficient (Wildman–Crippen LogP) is 2.64. The monoisotopic (exact) mass is 429 g/mol. The smallest absolute Gasteiger partial charge is 0.410 e. The Balaban J connectivity index is 1.25. The highest BCUT2D eigenvalue weighted by Gasteiger charge is 2.42. The molecule has 3 atom stereocenters. The van der Waals surface area contributed by atoms with Crippen LogP contribution in [0.15, 0.2) is 24.3 Å². The number of amides is 1. The van der Waals surface area contributed by atoms with Crippen LogP contribution in [0, 0.1) is 28.4 Å². The Hall–Kier alpha value is -2.34. The van der Waals surface area contributed by atoms with E-state index in [2.05, 4.69) is 0 Å². The van der Waals surface area contributed by atoms with Crippen LogP contribution >= 0.6 is 0 Å². The van der Waals surface area contributed by atoms with Gasteiger partial charge in [-0.15, -0.1) is 0 Å². The Morgan fingerprint density at radius 2 is 1.87 bits per heavy atom. The number of hydroxylamine groups is 3. The first kappa shape index (κ1) is 21.9. The first-order valence-corrected chi connectivity index (χ1v) is 11.3. The number of hydrogen-bond acceptors (Lipinski definition) is 6. The minimum Gasteiger partial charge on any atom is -0.633 e. The lowest BCUT2D eigenvalue weighted by molar-refractivity contribution is -0.896. The zero-order valence-electron chi connectivity index (χ0n) is 17.8. The summed E-state index contributed by atoms with van der Waals surface area (Å²) in [5, 5.41) is 32.6. The number of quaternary nitrogens is 1. The van der Waals surface area contributed by atoms with E-state index in [0.29, 0.717) is 37.5 Å². The quantitative estimate of drug-likeness (QED) is 0.550. The van der Waals surface area contributed by atoms with Gasteiger partial charge >= 0.3 is 6.09 Å². The molecule has 2 saturated heterocycles. The van der Waals surface area contributed by atoms with Crippen LogP contribution in [-0.2, 0) is 4.74 Å². The summed E-state index contributed by atoms with van der Waals surface area (Å²) in [7, 11) is 0. The van der Waals surface area contributed by atoms with Crippen LogP contribution in [0.2, 0.25) is 0 Å². The van der Waals surface area contributed by atoms with Crippen LogP contribution in [0.3, 0.4) is 0 Å². The molecule has 1 saturated carbocycles. The van der Waals surface area contributed by atoms with Gasteiger partial charge in [0.25, 0.3) is 0 Å². The third kappa shape index (κ3) is 5.67. The molecule has 4 rings (SSSR count).